The van der Waals surface area contributed by atoms with Gasteiger partial charge in [-0.1, -0.05) is 0 Å². The number of carbonyl (C=O) groups is 1. The van der Waals surface area contributed by atoms with Gasteiger partial charge in [0.25, 0.3) is 5.91 Å². The van der Waals surface area contributed by atoms with Gasteiger partial charge >= 0.3 is 0 Å². The van der Waals surface area contributed by atoms with Crippen LogP contribution in [-0.2, 0) is 0 Å². The standard InChI is InChI=1S/C14H18N2O3/c1-14(2,8-15)9-16-13(17)11-6-5-10(18-3)7-12(11)19-4/h5-7H,9H2,1-4H3,(H,16,17). The van der Waals surface area contributed by atoms with Crippen LogP contribution in [0, 0.1) is 16.7 Å². The van der Waals surface area contributed by atoms with E-state index in [4.69, 9.17) is 14.7 Å². The third-order valence-electron chi connectivity index (χ3n) is 2.65. The molecule has 1 N–H and O–H groups in total. The van der Waals surface area contributed by atoms with Gasteiger partial charge in [0, 0.05) is 12.6 Å². The normalized spacial score (nSPS) is 10.5. The fraction of sp³-hybridized carbons (Fsp3) is 0.429. The largest absolute Gasteiger partial charge is 0.497 e. The molecule has 19 heavy (non-hydrogen) atoms. The second kappa shape index (κ2) is 6.10. The minimum Gasteiger partial charge on any atom is -0.497 e. The Hall–Kier alpha value is -2.22. The number of ether oxygens (including phenoxy) is 2. The number of nitriles is 1. The van der Waals surface area contributed by atoms with Gasteiger partial charge in [0.2, 0.25) is 0 Å². The summed E-state index contributed by atoms with van der Waals surface area (Å²) in [5.41, 5.74) is -0.188. The zero-order chi connectivity index (χ0) is 14.5. The van der Waals surface area contributed by atoms with Crippen molar-refractivity contribution in [3.63, 3.8) is 0 Å². The average molecular weight is 262 g/mol. The van der Waals surface area contributed by atoms with Crippen LogP contribution in [0.5, 0.6) is 11.5 Å². The van der Waals surface area contributed by atoms with E-state index in [2.05, 4.69) is 11.4 Å². The maximum atomic E-state index is 12.0. The van der Waals surface area contributed by atoms with Crippen molar-refractivity contribution in [1.82, 2.24) is 5.32 Å². The summed E-state index contributed by atoms with van der Waals surface area (Å²) in [6.07, 6.45) is 0. The first kappa shape index (κ1) is 14.8. The molecule has 0 aromatic heterocycles. The van der Waals surface area contributed by atoms with Gasteiger partial charge in [0.05, 0.1) is 31.3 Å². The van der Waals surface area contributed by atoms with E-state index in [-0.39, 0.29) is 12.5 Å². The molecular weight excluding hydrogens is 244 g/mol. The molecule has 0 bridgehead atoms. The highest BCUT2D eigenvalue weighted by molar-refractivity contribution is 5.97. The molecule has 0 unspecified atom stereocenters. The van der Waals surface area contributed by atoms with E-state index in [9.17, 15) is 4.79 Å². The van der Waals surface area contributed by atoms with E-state index < -0.39 is 5.41 Å². The molecule has 1 aromatic rings. The number of nitrogens with one attached hydrogen (secondary N) is 1. The minimum absolute atomic E-state index is 0.275. The Morgan fingerprint density at radius 1 is 1.37 bits per heavy atom. The van der Waals surface area contributed by atoms with Crippen LogP contribution in [0.25, 0.3) is 0 Å². The molecule has 0 saturated carbocycles. The summed E-state index contributed by atoms with van der Waals surface area (Å²) in [4.78, 5) is 12.0. The Labute approximate surface area is 113 Å². The van der Waals surface area contributed by atoms with Crippen LogP contribution in [0.3, 0.4) is 0 Å². The van der Waals surface area contributed by atoms with Crippen molar-refractivity contribution in [1.29, 1.82) is 5.26 Å². The summed E-state index contributed by atoms with van der Waals surface area (Å²) in [7, 11) is 3.04. The number of benzene rings is 1. The van der Waals surface area contributed by atoms with Gasteiger partial charge in [-0.15, -0.1) is 0 Å². The van der Waals surface area contributed by atoms with Crippen LogP contribution >= 0.6 is 0 Å². The van der Waals surface area contributed by atoms with Crippen LogP contribution in [0.15, 0.2) is 18.2 Å². The van der Waals surface area contributed by atoms with Crippen molar-refractivity contribution in [2.24, 2.45) is 5.41 Å². The number of amides is 1. The van der Waals surface area contributed by atoms with Crippen molar-refractivity contribution >= 4 is 5.91 Å². The topological polar surface area (TPSA) is 71.3 Å². The number of rotatable bonds is 5. The number of nitrogens with zero attached hydrogens (tertiary/aromatic N) is 1. The fourth-order valence-electron chi connectivity index (χ4n) is 1.42. The highest BCUT2D eigenvalue weighted by atomic mass is 16.5. The molecular formula is C14H18N2O3. The first-order valence-corrected chi connectivity index (χ1v) is 5.85. The number of carbonyl (C=O) groups excluding carboxylic acids is 1. The van der Waals surface area contributed by atoms with Gasteiger partial charge < -0.3 is 14.8 Å². The Morgan fingerprint density at radius 3 is 2.58 bits per heavy atom. The molecule has 0 spiro atoms. The molecule has 0 aliphatic rings. The first-order chi connectivity index (χ1) is 8.93. The van der Waals surface area contributed by atoms with E-state index in [0.29, 0.717) is 17.1 Å². The molecule has 0 saturated heterocycles. The van der Waals surface area contributed by atoms with E-state index in [1.165, 1.54) is 7.11 Å². The summed E-state index contributed by atoms with van der Waals surface area (Å²) in [5, 5.41) is 11.6. The molecule has 1 rings (SSSR count). The average Bonchev–Trinajstić information content (AvgIpc) is 2.44. The van der Waals surface area contributed by atoms with Crippen LogP contribution in [0.2, 0.25) is 0 Å². The molecule has 5 heteroatoms. The summed E-state index contributed by atoms with van der Waals surface area (Å²) in [5.74, 6) is 0.778. The molecule has 102 valence electrons. The molecule has 0 aliphatic heterocycles. The third-order valence-corrected chi connectivity index (χ3v) is 2.65. The summed E-state index contributed by atoms with van der Waals surface area (Å²) >= 11 is 0. The van der Waals surface area contributed by atoms with E-state index in [1.807, 2.05) is 0 Å². The second-order valence-corrected chi connectivity index (χ2v) is 4.74. The lowest BCUT2D eigenvalue weighted by Crippen LogP contribution is -2.33. The zero-order valence-corrected chi connectivity index (χ0v) is 11.6. The predicted molar refractivity (Wildman–Crippen MR) is 71.3 cm³/mol. The fourth-order valence-corrected chi connectivity index (χ4v) is 1.42. The van der Waals surface area contributed by atoms with Gasteiger partial charge in [-0.3, -0.25) is 4.79 Å². The van der Waals surface area contributed by atoms with Crippen molar-refractivity contribution in [2.45, 2.75) is 13.8 Å². The zero-order valence-electron chi connectivity index (χ0n) is 11.6. The molecule has 0 fully saturated rings. The van der Waals surface area contributed by atoms with Gasteiger partial charge in [-0.2, -0.15) is 5.26 Å². The Bertz CT molecular complexity index is 504. The van der Waals surface area contributed by atoms with E-state index in [0.717, 1.165) is 0 Å². The molecule has 0 atom stereocenters. The van der Waals surface area contributed by atoms with Crippen molar-refractivity contribution < 1.29 is 14.3 Å². The smallest absolute Gasteiger partial charge is 0.255 e. The van der Waals surface area contributed by atoms with Gasteiger partial charge in [-0.05, 0) is 26.0 Å². The summed E-state index contributed by atoms with van der Waals surface area (Å²) in [6, 6.07) is 7.09. The molecule has 0 aliphatic carbocycles. The van der Waals surface area contributed by atoms with Crippen LogP contribution in [0.1, 0.15) is 24.2 Å². The molecule has 1 amide bonds. The van der Waals surface area contributed by atoms with Gasteiger partial charge in [0.1, 0.15) is 11.5 Å². The maximum absolute atomic E-state index is 12.0. The molecule has 1 aromatic carbocycles. The summed E-state index contributed by atoms with van der Waals surface area (Å²) < 4.78 is 10.2. The Morgan fingerprint density at radius 2 is 2.05 bits per heavy atom. The van der Waals surface area contributed by atoms with E-state index in [1.54, 1.807) is 39.2 Å². The third kappa shape index (κ3) is 3.88. The van der Waals surface area contributed by atoms with Crippen LogP contribution < -0.4 is 14.8 Å². The quantitative estimate of drug-likeness (QED) is 0.880. The van der Waals surface area contributed by atoms with Crippen LogP contribution in [0.4, 0.5) is 0 Å². The predicted octanol–water partition coefficient (Wildman–Crippen LogP) is 1.98. The maximum Gasteiger partial charge on any atom is 0.255 e. The van der Waals surface area contributed by atoms with E-state index >= 15 is 0 Å². The highest BCUT2D eigenvalue weighted by Gasteiger charge is 2.20. The first-order valence-electron chi connectivity index (χ1n) is 5.85. The van der Waals surface area contributed by atoms with Crippen molar-refractivity contribution in [2.75, 3.05) is 20.8 Å². The highest BCUT2D eigenvalue weighted by Crippen LogP contribution is 2.24. The lowest BCUT2D eigenvalue weighted by Gasteiger charge is -2.16. The molecule has 0 heterocycles. The number of hydrogen-bond donors (Lipinski definition) is 1. The Kier molecular flexibility index (Phi) is 4.76. The SMILES string of the molecule is COc1ccc(C(=O)NCC(C)(C)C#N)c(OC)c1. The minimum atomic E-state index is -0.602. The summed E-state index contributed by atoms with van der Waals surface area (Å²) in [6.45, 7) is 3.80. The van der Waals surface area contributed by atoms with Crippen molar-refractivity contribution in [3.8, 4) is 17.6 Å². The van der Waals surface area contributed by atoms with Crippen molar-refractivity contribution in [3.05, 3.63) is 23.8 Å². The second-order valence-electron chi connectivity index (χ2n) is 4.74. The lowest BCUT2D eigenvalue weighted by molar-refractivity contribution is 0.0940. The number of hydrogen-bond acceptors (Lipinski definition) is 4. The lowest BCUT2D eigenvalue weighted by atomic mass is 9.96. The molecule has 5 nitrogen and oxygen atoms in total. The van der Waals surface area contributed by atoms with Gasteiger partial charge in [-0.25, -0.2) is 0 Å². The number of methoxy groups -OCH3 is 2. The molecule has 0 radical (unpaired) electrons. The Balaban J connectivity index is 2.86. The monoisotopic (exact) mass is 262 g/mol. The van der Waals surface area contributed by atoms with Gasteiger partial charge in [0.15, 0.2) is 0 Å². The van der Waals surface area contributed by atoms with Crippen LogP contribution in [-0.4, -0.2) is 26.7 Å².